The second-order valence-corrected chi connectivity index (χ2v) is 3.38. The van der Waals surface area contributed by atoms with E-state index >= 15 is 0 Å². The minimum absolute atomic E-state index is 0.00431. The molecule has 0 bridgehead atoms. The average molecular weight is 200 g/mol. The van der Waals surface area contributed by atoms with Gasteiger partial charge in [0.2, 0.25) is 0 Å². The van der Waals surface area contributed by atoms with Crippen LogP contribution in [0.1, 0.15) is 19.3 Å². The summed E-state index contributed by atoms with van der Waals surface area (Å²) in [6, 6.07) is -0.00431. The van der Waals surface area contributed by atoms with Crippen molar-refractivity contribution >= 4 is 11.9 Å². The van der Waals surface area contributed by atoms with Crippen molar-refractivity contribution in [3.05, 3.63) is 0 Å². The summed E-state index contributed by atoms with van der Waals surface area (Å²) < 4.78 is 4.39. The number of hydrogen-bond acceptors (Lipinski definition) is 4. The summed E-state index contributed by atoms with van der Waals surface area (Å²) >= 11 is 0. The first kappa shape index (κ1) is 11.0. The third kappa shape index (κ3) is 2.23. The lowest BCUT2D eigenvalue weighted by Gasteiger charge is -2.33. The van der Waals surface area contributed by atoms with Gasteiger partial charge in [-0.1, -0.05) is 0 Å². The lowest BCUT2D eigenvalue weighted by molar-refractivity contribution is -0.160. The van der Waals surface area contributed by atoms with Crippen LogP contribution in [0, 0.1) is 0 Å². The normalized spacial score (nSPS) is 21.9. The Morgan fingerprint density at radius 1 is 1.50 bits per heavy atom. The zero-order valence-electron chi connectivity index (χ0n) is 8.36. The van der Waals surface area contributed by atoms with Gasteiger partial charge >= 0.3 is 11.9 Å². The molecule has 1 amide bonds. The minimum atomic E-state index is -0.801. The molecular formula is C9H16N2O3. The first-order valence-electron chi connectivity index (χ1n) is 4.79. The molecule has 1 rings (SSSR count). The highest BCUT2D eigenvalue weighted by molar-refractivity contribution is 6.32. The molecule has 80 valence electrons. The summed E-state index contributed by atoms with van der Waals surface area (Å²) in [7, 11) is 1.21. The largest absolute Gasteiger partial charge is 0.462 e. The predicted molar refractivity (Wildman–Crippen MR) is 50.4 cm³/mol. The van der Waals surface area contributed by atoms with E-state index in [1.807, 2.05) is 0 Å². The zero-order valence-corrected chi connectivity index (χ0v) is 8.36. The van der Waals surface area contributed by atoms with Crippen LogP contribution in [-0.4, -0.2) is 43.0 Å². The van der Waals surface area contributed by atoms with Gasteiger partial charge in [0, 0.05) is 19.1 Å². The molecule has 1 aliphatic rings. The lowest BCUT2D eigenvalue weighted by atomic mass is 10.0. The first-order chi connectivity index (χ1) is 6.70. The third-order valence-electron chi connectivity index (χ3n) is 2.52. The summed E-state index contributed by atoms with van der Waals surface area (Å²) in [5.74, 6) is -1.37. The van der Waals surface area contributed by atoms with Crippen LogP contribution in [0.5, 0.6) is 0 Å². The molecule has 2 N–H and O–H groups in total. The Balaban J connectivity index is 2.63. The summed E-state index contributed by atoms with van der Waals surface area (Å²) in [5.41, 5.74) is 5.53. The Kier molecular flexibility index (Phi) is 3.88. The number of carbonyl (C=O) groups excluding carboxylic acids is 2. The van der Waals surface area contributed by atoms with Crippen molar-refractivity contribution in [2.24, 2.45) is 5.73 Å². The fraction of sp³-hybridized carbons (Fsp3) is 0.778. The van der Waals surface area contributed by atoms with E-state index in [1.54, 1.807) is 0 Å². The minimum Gasteiger partial charge on any atom is -0.462 e. The first-order valence-corrected chi connectivity index (χ1v) is 4.79. The highest BCUT2D eigenvalue weighted by Crippen LogP contribution is 2.16. The molecule has 0 saturated carbocycles. The quantitative estimate of drug-likeness (QED) is 0.457. The Labute approximate surface area is 83.2 Å². The molecule has 1 atom stereocenters. The van der Waals surface area contributed by atoms with Gasteiger partial charge < -0.3 is 15.4 Å². The molecule has 5 heteroatoms. The Hall–Kier alpha value is -1.10. The maximum Gasteiger partial charge on any atom is 0.396 e. The van der Waals surface area contributed by atoms with Crippen LogP contribution in [0.2, 0.25) is 0 Å². The van der Waals surface area contributed by atoms with Crippen LogP contribution in [0.4, 0.5) is 0 Å². The van der Waals surface area contributed by atoms with Crippen LogP contribution in [0.3, 0.4) is 0 Å². The standard InChI is InChI=1S/C9H16N2O3/c1-14-9(13)8(12)11-5-3-2-4-7(11)6-10/h7H,2-6,10H2,1H3. The average Bonchev–Trinajstić information content (AvgIpc) is 2.26. The molecule has 0 aliphatic carbocycles. The van der Waals surface area contributed by atoms with E-state index in [-0.39, 0.29) is 6.04 Å². The summed E-state index contributed by atoms with van der Waals surface area (Å²) in [6.07, 6.45) is 2.87. The Bertz CT molecular complexity index is 230. The van der Waals surface area contributed by atoms with Gasteiger partial charge in [-0.2, -0.15) is 0 Å². The molecule has 0 aromatic carbocycles. The predicted octanol–water partition coefficient (Wildman–Crippen LogP) is -0.501. The van der Waals surface area contributed by atoms with E-state index in [0.717, 1.165) is 19.3 Å². The maximum absolute atomic E-state index is 11.5. The van der Waals surface area contributed by atoms with Crippen LogP contribution >= 0.6 is 0 Å². The van der Waals surface area contributed by atoms with Gasteiger partial charge in [-0.15, -0.1) is 0 Å². The van der Waals surface area contributed by atoms with E-state index in [2.05, 4.69) is 4.74 Å². The molecule has 0 aromatic heterocycles. The molecule has 0 spiro atoms. The van der Waals surface area contributed by atoms with E-state index in [9.17, 15) is 9.59 Å². The second kappa shape index (κ2) is 4.95. The number of carbonyl (C=O) groups is 2. The van der Waals surface area contributed by atoms with Gasteiger partial charge in [0.05, 0.1) is 7.11 Å². The van der Waals surface area contributed by atoms with Crippen LogP contribution in [0.25, 0.3) is 0 Å². The second-order valence-electron chi connectivity index (χ2n) is 3.38. The van der Waals surface area contributed by atoms with Gasteiger partial charge in [-0.3, -0.25) is 4.79 Å². The number of ether oxygens (including phenoxy) is 1. The highest BCUT2D eigenvalue weighted by Gasteiger charge is 2.30. The van der Waals surface area contributed by atoms with Crippen molar-refractivity contribution in [2.45, 2.75) is 25.3 Å². The summed E-state index contributed by atoms with van der Waals surface area (Å²) in [5, 5.41) is 0. The molecule has 1 aliphatic heterocycles. The smallest absolute Gasteiger partial charge is 0.396 e. The fourth-order valence-corrected chi connectivity index (χ4v) is 1.72. The van der Waals surface area contributed by atoms with Crippen molar-refractivity contribution in [3.63, 3.8) is 0 Å². The number of esters is 1. The Morgan fingerprint density at radius 2 is 2.21 bits per heavy atom. The van der Waals surface area contributed by atoms with Crippen molar-refractivity contribution < 1.29 is 14.3 Å². The third-order valence-corrected chi connectivity index (χ3v) is 2.52. The molecule has 14 heavy (non-hydrogen) atoms. The van der Waals surface area contributed by atoms with E-state index in [0.29, 0.717) is 13.1 Å². The number of nitrogens with zero attached hydrogens (tertiary/aromatic N) is 1. The number of amides is 1. The fourth-order valence-electron chi connectivity index (χ4n) is 1.72. The van der Waals surface area contributed by atoms with Gasteiger partial charge in [0.25, 0.3) is 0 Å². The molecule has 1 heterocycles. The van der Waals surface area contributed by atoms with Crippen molar-refractivity contribution in [1.29, 1.82) is 0 Å². The van der Waals surface area contributed by atoms with Crippen LogP contribution in [0.15, 0.2) is 0 Å². The zero-order chi connectivity index (χ0) is 10.6. The van der Waals surface area contributed by atoms with Crippen LogP contribution < -0.4 is 5.73 Å². The molecular weight excluding hydrogens is 184 g/mol. The highest BCUT2D eigenvalue weighted by atomic mass is 16.5. The van der Waals surface area contributed by atoms with Crippen LogP contribution in [-0.2, 0) is 14.3 Å². The van der Waals surface area contributed by atoms with E-state index in [1.165, 1.54) is 12.0 Å². The monoisotopic (exact) mass is 200 g/mol. The molecule has 0 aromatic rings. The van der Waals surface area contributed by atoms with Crippen molar-refractivity contribution in [2.75, 3.05) is 20.2 Å². The van der Waals surface area contributed by atoms with Gasteiger partial charge in [0.1, 0.15) is 0 Å². The van der Waals surface area contributed by atoms with Gasteiger partial charge in [0.15, 0.2) is 0 Å². The maximum atomic E-state index is 11.5. The van der Waals surface area contributed by atoms with Crippen molar-refractivity contribution in [1.82, 2.24) is 4.90 Å². The van der Waals surface area contributed by atoms with Crippen molar-refractivity contribution in [3.8, 4) is 0 Å². The number of piperidine rings is 1. The van der Waals surface area contributed by atoms with E-state index < -0.39 is 11.9 Å². The molecule has 5 nitrogen and oxygen atoms in total. The number of hydrogen-bond donors (Lipinski definition) is 1. The number of likely N-dealkylation sites (tertiary alicyclic amines) is 1. The van der Waals surface area contributed by atoms with E-state index in [4.69, 9.17) is 5.73 Å². The molecule has 1 saturated heterocycles. The molecule has 1 unspecified atom stereocenters. The molecule has 0 radical (unpaired) electrons. The lowest BCUT2D eigenvalue weighted by Crippen LogP contribution is -2.50. The SMILES string of the molecule is COC(=O)C(=O)N1CCCCC1CN. The van der Waals surface area contributed by atoms with Gasteiger partial charge in [-0.25, -0.2) is 4.79 Å². The number of nitrogens with two attached hydrogens (primary N) is 1. The summed E-state index contributed by atoms with van der Waals surface area (Å²) in [6.45, 7) is 1.01. The summed E-state index contributed by atoms with van der Waals surface area (Å²) in [4.78, 5) is 24.0. The Morgan fingerprint density at radius 3 is 2.79 bits per heavy atom. The topological polar surface area (TPSA) is 72.6 Å². The number of rotatable bonds is 1. The number of methoxy groups -OCH3 is 1. The van der Waals surface area contributed by atoms with Gasteiger partial charge in [-0.05, 0) is 19.3 Å². The molecule has 1 fully saturated rings.